The van der Waals surface area contributed by atoms with Crippen molar-refractivity contribution in [2.24, 2.45) is 5.92 Å². The maximum absolute atomic E-state index is 14.2. The third-order valence-corrected chi connectivity index (χ3v) is 7.46. The molecule has 2 aromatic carbocycles. The number of Topliss-reactive ketones (excluding diaryl/α,β-unsaturated/α-hetero) is 2. The molecule has 1 fully saturated rings. The summed E-state index contributed by atoms with van der Waals surface area (Å²) in [6.45, 7) is 1.49. The Bertz CT molecular complexity index is 1420. The number of nitrogens with zero attached hydrogens (tertiary/aromatic N) is 2. The van der Waals surface area contributed by atoms with Gasteiger partial charge >= 0.3 is 0 Å². The molecule has 3 aromatic rings. The van der Waals surface area contributed by atoms with Gasteiger partial charge in [-0.05, 0) is 48.9 Å². The minimum atomic E-state index is -1.30. The first kappa shape index (κ1) is 21.3. The number of aromatic nitrogens is 1. The first-order chi connectivity index (χ1) is 17.0. The number of rotatable bonds is 4. The van der Waals surface area contributed by atoms with Crippen LogP contribution in [0.4, 0.5) is 11.4 Å². The number of pyridine rings is 1. The molecular weight excluding hydrogens is 442 g/mol. The molecule has 4 atom stereocenters. The molecule has 1 saturated heterocycles. The van der Waals surface area contributed by atoms with Crippen LogP contribution in [0.1, 0.15) is 28.5 Å². The summed E-state index contributed by atoms with van der Waals surface area (Å²) in [5, 5.41) is 3.00. The molecule has 1 aromatic heterocycles. The average Bonchev–Trinajstić information content (AvgIpc) is 3.36. The lowest BCUT2D eigenvalue weighted by Crippen LogP contribution is -2.51. The molecule has 1 N–H and O–H groups in total. The highest BCUT2D eigenvalue weighted by Gasteiger charge is 2.70. The number of hydrogen-bond acceptors (Lipinski definition) is 6. The quantitative estimate of drug-likeness (QED) is 0.592. The number of nitrogens with one attached hydrogen (secondary N) is 1. The zero-order valence-electron chi connectivity index (χ0n) is 19.3. The van der Waals surface area contributed by atoms with E-state index in [-0.39, 0.29) is 23.2 Å². The lowest BCUT2D eigenvalue weighted by atomic mass is 9.64. The minimum absolute atomic E-state index is 0.185. The molecule has 0 bridgehead atoms. The van der Waals surface area contributed by atoms with E-state index in [2.05, 4.69) is 10.3 Å². The summed E-state index contributed by atoms with van der Waals surface area (Å²) in [5.41, 5.74) is 1.97. The fourth-order valence-electron chi connectivity index (χ4n) is 6.11. The summed E-state index contributed by atoms with van der Waals surface area (Å²) in [5.74, 6) is -1.08. The molecule has 7 heteroatoms. The number of benzene rings is 2. The summed E-state index contributed by atoms with van der Waals surface area (Å²) >= 11 is 0. The normalized spacial score (nSPS) is 25.6. The molecule has 0 saturated carbocycles. The van der Waals surface area contributed by atoms with Gasteiger partial charge in [0, 0.05) is 23.1 Å². The van der Waals surface area contributed by atoms with E-state index >= 15 is 0 Å². The van der Waals surface area contributed by atoms with Crippen molar-refractivity contribution in [3.63, 3.8) is 0 Å². The van der Waals surface area contributed by atoms with Crippen LogP contribution in [-0.2, 0) is 15.0 Å². The molecule has 4 heterocycles. The molecule has 4 unspecified atom stereocenters. The van der Waals surface area contributed by atoms with Gasteiger partial charge in [-0.1, -0.05) is 36.4 Å². The van der Waals surface area contributed by atoms with E-state index in [0.29, 0.717) is 11.4 Å². The topological polar surface area (TPSA) is 88.6 Å². The summed E-state index contributed by atoms with van der Waals surface area (Å²) < 4.78 is 5.39. The fraction of sp³-hybridized carbons (Fsp3) is 0.214. The fourth-order valence-corrected chi connectivity index (χ4v) is 6.11. The minimum Gasteiger partial charge on any atom is -0.497 e. The van der Waals surface area contributed by atoms with Crippen molar-refractivity contribution in [3.8, 4) is 5.75 Å². The van der Waals surface area contributed by atoms with Crippen LogP contribution in [0.15, 0.2) is 72.9 Å². The maximum atomic E-state index is 14.2. The first-order valence-corrected chi connectivity index (χ1v) is 11.5. The smallest absolute Gasteiger partial charge is 0.238 e. The number of anilines is 2. The van der Waals surface area contributed by atoms with Crippen LogP contribution >= 0.6 is 0 Å². The highest BCUT2D eigenvalue weighted by atomic mass is 16.5. The van der Waals surface area contributed by atoms with Gasteiger partial charge in [0.1, 0.15) is 16.9 Å². The van der Waals surface area contributed by atoms with E-state index in [1.54, 1.807) is 31.5 Å². The van der Waals surface area contributed by atoms with Crippen LogP contribution in [0.3, 0.4) is 0 Å². The predicted octanol–water partition coefficient (Wildman–Crippen LogP) is 3.65. The molecule has 6 rings (SSSR count). The van der Waals surface area contributed by atoms with Gasteiger partial charge in [-0.2, -0.15) is 0 Å². The van der Waals surface area contributed by atoms with Gasteiger partial charge in [0.2, 0.25) is 5.91 Å². The number of ether oxygens (including phenoxy) is 1. The van der Waals surface area contributed by atoms with Gasteiger partial charge in [0.25, 0.3) is 0 Å². The Labute approximate surface area is 202 Å². The number of carbonyl (C=O) groups excluding carboxylic acids is 3. The van der Waals surface area contributed by atoms with Gasteiger partial charge in [-0.3, -0.25) is 19.4 Å². The predicted molar refractivity (Wildman–Crippen MR) is 132 cm³/mol. The Morgan fingerprint density at radius 1 is 1.09 bits per heavy atom. The molecule has 3 aliphatic rings. The average molecular weight is 466 g/mol. The largest absolute Gasteiger partial charge is 0.497 e. The second-order valence-corrected chi connectivity index (χ2v) is 9.12. The van der Waals surface area contributed by atoms with Crippen molar-refractivity contribution in [1.82, 2.24) is 4.98 Å². The van der Waals surface area contributed by atoms with Crippen molar-refractivity contribution in [2.75, 3.05) is 17.3 Å². The van der Waals surface area contributed by atoms with Crippen LogP contribution in [0.2, 0.25) is 0 Å². The van der Waals surface area contributed by atoms with E-state index in [0.717, 1.165) is 16.8 Å². The summed E-state index contributed by atoms with van der Waals surface area (Å²) in [6.07, 6.45) is 5.43. The summed E-state index contributed by atoms with van der Waals surface area (Å²) in [4.78, 5) is 47.7. The SMILES string of the molecule is COc1ccc2c(c1)C=CC1N2C(C(C)=O)C(C(=O)c2ccccn2)C12C(=O)Nc1ccccc12. The molecular formula is C28H23N3O4. The van der Waals surface area contributed by atoms with Crippen LogP contribution in [0, 0.1) is 5.92 Å². The van der Waals surface area contributed by atoms with E-state index in [1.165, 1.54) is 6.92 Å². The summed E-state index contributed by atoms with van der Waals surface area (Å²) in [6, 6.07) is 16.7. The maximum Gasteiger partial charge on any atom is 0.238 e. The Morgan fingerprint density at radius 2 is 1.89 bits per heavy atom. The number of fused-ring (bicyclic) bond motifs is 6. The van der Waals surface area contributed by atoms with E-state index in [9.17, 15) is 14.4 Å². The van der Waals surface area contributed by atoms with Gasteiger partial charge in [0.05, 0.1) is 25.1 Å². The molecule has 0 radical (unpaired) electrons. The van der Waals surface area contributed by atoms with Gasteiger partial charge in [-0.15, -0.1) is 0 Å². The van der Waals surface area contributed by atoms with Crippen molar-refractivity contribution >= 4 is 34.9 Å². The Morgan fingerprint density at radius 3 is 2.63 bits per heavy atom. The Kier molecular flexibility index (Phi) is 4.64. The van der Waals surface area contributed by atoms with Crippen molar-refractivity contribution in [3.05, 3.63) is 89.8 Å². The number of para-hydroxylation sites is 1. The standard InChI is InChI=1S/C28H23N3O4/c1-16(32)25-24(26(33)21-9-5-6-14-29-21)28(19-7-3-4-8-20(19)30-27(28)34)23-13-10-17-15-18(35-2)11-12-22(17)31(23)25/h3-15,23-25H,1-2H3,(H,30,34). The molecule has 35 heavy (non-hydrogen) atoms. The number of carbonyl (C=O) groups is 3. The van der Waals surface area contributed by atoms with E-state index in [1.807, 2.05) is 59.5 Å². The van der Waals surface area contributed by atoms with Crippen molar-refractivity contribution in [2.45, 2.75) is 24.4 Å². The number of ketones is 2. The second-order valence-electron chi connectivity index (χ2n) is 9.12. The molecule has 174 valence electrons. The van der Waals surface area contributed by atoms with Crippen molar-refractivity contribution in [1.29, 1.82) is 0 Å². The lowest BCUT2D eigenvalue weighted by Gasteiger charge is -2.37. The molecule has 7 nitrogen and oxygen atoms in total. The van der Waals surface area contributed by atoms with E-state index < -0.39 is 23.4 Å². The van der Waals surface area contributed by atoms with Crippen LogP contribution in [0.25, 0.3) is 6.08 Å². The van der Waals surface area contributed by atoms with Gasteiger partial charge < -0.3 is 15.0 Å². The highest BCUT2D eigenvalue weighted by molar-refractivity contribution is 6.16. The first-order valence-electron chi connectivity index (χ1n) is 11.5. The van der Waals surface area contributed by atoms with Crippen LogP contribution in [0.5, 0.6) is 5.75 Å². The Hall–Kier alpha value is -4.26. The molecule has 3 aliphatic heterocycles. The molecule has 1 amide bonds. The van der Waals surface area contributed by atoms with Crippen LogP contribution in [-0.4, -0.2) is 41.7 Å². The second kappa shape index (κ2) is 7.63. The van der Waals surface area contributed by atoms with Gasteiger partial charge in [0.15, 0.2) is 11.6 Å². The number of hydrogen-bond donors (Lipinski definition) is 1. The third-order valence-electron chi connectivity index (χ3n) is 7.46. The van der Waals surface area contributed by atoms with Crippen LogP contribution < -0.4 is 15.0 Å². The van der Waals surface area contributed by atoms with Crippen molar-refractivity contribution < 1.29 is 19.1 Å². The summed E-state index contributed by atoms with van der Waals surface area (Å²) in [7, 11) is 1.60. The monoisotopic (exact) mass is 465 g/mol. The lowest BCUT2D eigenvalue weighted by molar-refractivity contribution is -0.122. The zero-order chi connectivity index (χ0) is 24.3. The zero-order valence-corrected chi connectivity index (χ0v) is 19.3. The van der Waals surface area contributed by atoms with E-state index in [4.69, 9.17) is 4.74 Å². The number of methoxy groups -OCH3 is 1. The Balaban J connectivity index is 1.65. The third kappa shape index (κ3) is 2.78. The molecule has 0 aliphatic carbocycles. The van der Waals surface area contributed by atoms with Gasteiger partial charge in [-0.25, -0.2) is 0 Å². The highest BCUT2D eigenvalue weighted by Crippen LogP contribution is 2.57. The molecule has 1 spiro atoms. The number of amides is 1.